The van der Waals surface area contributed by atoms with Crippen molar-refractivity contribution < 1.29 is 4.79 Å². The second kappa shape index (κ2) is 13.5. The summed E-state index contributed by atoms with van der Waals surface area (Å²) in [5.41, 5.74) is 6.44. The molecule has 0 aliphatic heterocycles. The van der Waals surface area contributed by atoms with E-state index in [4.69, 9.17) is 0 Å². The number of allylic oxidation sites excluding steroid dienone is 1. The minimum absolute atomic E-state index is 0.00926. The number of halogens is 1. The number of hydrogen-bond acceptors (Lipinski definition) is 1. The minimum Gasteiger partial charge on any atom is -0.294 e. The van der Waals surface area contributed by atoms with Crippen molar-refractivity contribution in [1.29, 1.82) is 0 Å². The molecule has 2 aromatic rings. The summed E-state index contributed by atoms with van der Waals surface area (Å²) in [6.07, 6.45) is 3.70. The average Bonchev–Trinajstić information content (AvgIpc) is 2.51. The Labute approximate surface area is 155 Å². The van der Waals surface area contributed by atoms with Gasteiger partial charge in [-0.1, -0.05) is 83.4 Å². The fraction of sp³-hybridized carbons (Fsp3) is 0.273. The second-order valence-electron chi connectivity index (χ2n) is 5.49. The van der Waals surface area contributed by atoms with Gasteiger partial charge < -0.3 is 0 Å². The van der Waals surface area contributed by atoms with Crippen LogP contribution in [0.25, 0.3) is 0 Å². The van der Waals surface area contributed by atoms with Crippen LogP contribution in [0.5, 0.6) is 0 Å². The summed E-state index contributed by atoms with van der Waals surface area (Å²) in [5, 5.41) is 0. The van der Waals surface area contributed by atoms with Crippen LogP contribution in [0.4, 0.5) is 0 Å². The molecule has 0 bridgehead atoms. The van der Waals surface area contributed by atoms with Gasteiger partial charge in [0.1, 0.15) is 0 Å². The number of aryl methyl sites for hydroxylation is 3. The van der Waals surface area contributed by atoms with Crippen LogP contribution in [0.3, 0.4) is 0 Å². The zero-order valence-corrected chi connectivity index (χ0v) is 16.7. The molecule has 24 heavy (non-hydrogen) atoms. The lowest BCUT2D eigenvalue weighted by molar-refractivity contribution is -0.112. The lowest BCUT2D eigenvalue weighted by atomic mass is 10.1. The molecule has 0 amide bonds. The molecule has 0 aliphatic rings. The summed E-state index contributed by atoms with van der Waals surface area (Å²) in [6.45, 7) is 11.1. The smallest absolute Gasteiger partial charge is 0.160 e. The van der Waals surface area contributed by atoms with Gasteiger partial charge in [-0.2, -0.15) is 0 Å². The van der Waals surface area contributed by atoms with E-state index in [1.54, 1.807) is 0 Å². The van der Waals surface area contributed by atoms with Gasteiger partial charge in [-0.25, -0.2) is 0 Å². The fourth-order valence-electron chi connectivity index (χ4n) is 1.89. The number of hydrogen-bond donors (Lipinski definition) is 0. The quantitative estimate of drug-likeness (QED) is 0.427. The van der Waals surface area contributed by atoms with Gasteiger partial charge in [-0.15, -0.1) is 5.73 Å². The van der Waals surface area contributed by atoms with Crippen molar-refractivity contribution in [2.75, 3.05) is 0 Å². The molecule has 0 saturated carbocycles. The monoisotopic (exact) mass is 386 g/mol. The first-order valence-corrected chi connectivity index (χ1v) is 8.82. The van der Waals surface area contributed by atoms with E-state index in [2.05, 4.69) is 97.5 Å². The molecule has 0 radical (unpaired) electrons. The minimum atomic E-state index is -0.00926. The predicted octanol–water partition coefficient (Wildman–Crippen LogP) is 6.62. The molecule has 2 heteroatoms. The average molecular weight is 387 g/mol. The lowest BCUT2D eigenvalue weighted by Gasteiger charge is -1.96. The van der Waals surface area contributed by atoms with Crippen molar-refractivity contribution >= 4 is 21.7 Å². The van der Waals surface area contributed by atoms with Crippen LogP contribution in [-0.2, 0) is 11.2 Å². The SMILES string of the molecule is C=C=CC(C)=O.CCCc1ccc(Br)cc1.Cc1cccc(C)c1. The van der Waals surface area contributed by atoms with Crippen LogP contribution < -0.4 is 0 Å². The van der Waals surface area contributed by atoms with Crippen LogP contribution in [-0.4, -0.2) is 5.78 Å². The maximum atomic E-state index is 9.89. The summed E-state index contributed by atoms with van der Waals surface area (Å²) in [7, 11) is 0. The Kier molecular flexibility index (Phi) is 12.5. The third-order valence-electron chi connectivity index (χ3n) is 2.93. The van der Waals surface area contributed by atoms with E-state index in [1.807, 2.05) is 0 Å². The van der Waals surface area contributed by atoms with Crippen LogP contribution in [0.1, 0.15) is 37.0 Å². The molecule has 0 N–H and O–H groups in total. The van der Waals surface area contributed by atoms with Crippen LogP contribution in [0.2, 0.25) is 0 Å². The molecule has 1 nitrogen and oxygen atoms in total. The van der Waals surface area contributed by atoms with Crippen molar-refractivity contribution in [3.8, 4) is 0 Å². The Morgan fingerprint density at radius 1 is 1.12 bits per heavy atom. The van der Waals surface area contributed by atoms with Gasteiger partial charge in [0.2, 0.25) is 0 Å². The predicted molar refractivity (Wildman–Crippen MR) is 108 cm³/mol. The first-order valence-electron chi connectivity index (χ1n) is 8.03. The van der Waals surface area contributed by atoms with Gasteiger partial charge in [0.15, 0.2) is 5.78 Å². The number of rotatable bonds is 3. The Bertz CT molecular complexity index is 633. The van der Waals surface area contributed by atoms with Crippen LogP contribution in [0.15, 0.2) is 71.4 Å². The summed E-state index contributed by atoms with van der Waals surface area (Å²) < 4.78 is 1.16. The molecule has 0 saturated heterocycles. The van der Waals surface area contributed by atoms with Crippen molar-refractivity contribution in [3.63, 3.8) is 0 Å². The molecule has 128 valence electrons. The summed E-state index contributed by atoms with van der Waals surface area (Å²) in [4.78, 5) is 9.89. The first kappa shape index (κ1) is 22.1. The van der Waals surface area contributed by atoms with Gasteiger partial charge in [0.05, 0.1) is 0 Å². The van der Waals surface area contributed by atoms with E-state index < -0.39 is 0 Å². The molecule has 0 spiro atoms. The van der Waals surface area contributed by atoms with Crippen molar-refractivity contribution in [3.05, 3.63) is 88.1 Å². The number of carbonyl (C=O) groups excluding carboxylic acids is 1. The van der Waals surface area contributed by atoms with Crippen molar-refractivity contribution in [2.24, 2.45) is 0 Å². The standard InChI is InChI=1S/C9H11Br.C8H10.C5H6O/c1-2-3-8-4-6-9(10)7-5-8;1-7-4-3-5-8(2)6-7;1-3-4-5(2)6/h4-7H,2-3H2,1H3;3-6H,1-2H3;4H,1H2,2H3. The molecular weight excluding hydrogens is 360 g/mol. The van der Waals surface area contributed by atoms with Gasteiger partial charge in [-0.3, -0.25) is 4.79 Å². The van der Waals surface area contributed by atoms with Crippen molar-refractivity contribution in [1.82, 2.24) is 0 Å². The number of benzene rings is 2. The Morgan fingerprint density at radius 2 is 1.67 bits per heavy atom. The molecule has 0 unspecified atom stereocenters. The van der Waals surface area contributed by atoms with Gasteiger partial charge in [0.25, 0.3) is 0 Å². The van der Waals surface area contributed by atoms with E-state index in [0.29, 0.717) is 0 Å². The van der Waals surface area contributed by atoms with Gasteiger partial charge >= 0.3 is 0 Å². The highest BCUT2D eigenvalue weighted by Crippen LogP contribution is 2.11. The Morgan fingerprint density at radius 3 is 1.96 bits per heavy atom. The van der Waals surface area contributed by atoms with E-state index in [1.165, 1.54) is 42.5 Å². The zero-order chi connectivity index (χ0) is 18.4. The molecule has 0 fully saturated rings. The normalized spacial score (nSPS) is 8.71. The number of carbonyl (C=O) groups is 1. The molecule has 0 aromatic heterocycles. The summed E-state index contributed by atoms with van der Waals surface area (Å²) in [5.74, 6) is -0.00926. The lowest BCUT2D eigenvalue weighted by Crippen LogP contribution is -1.80. The van der Waals surface area contributed by atoms with Gasteiger partial charge in [0, 0.05) is 10.5 Å². The summed E-state index contributed by atoms with van der Waals surface area (Å²) in [6, 6.07) is 16.9. The molecule has 0 heterocycles. The van der Waals surface area contributed by atoms with E-state index in [0.717, 1.165) is 4.47 Å². The molecule has 0 atom stereocenters. The van der Waals surface area contributed by atoms with Crippen LogP contribution in [0, 0.1) is 13.8 Å². The van der Waals surface area contributed by atoms with Gasteiger partial charge in [-0.05, 0) is 44.9 Å². The zero-order valence-electron chi connectivity index (χ0n) is 15.1. The molecular formula is C22H27BrO. The van der Waals surface area contributed by atoms with E-state index >= 15 is 0 Å². The third kappa shape index (κ3) is 12.6. The maximum Gasteiger partial charge on any atom is 0.160 e. The maximum absolute atomic E-state index is 9.89. The summed E-state index contributed by atoms with van der Waals surface area (Å²) >= 11 is 3.40. The molecule has 2 aromatic carbocycles. The topological polar surface area (TPSA) is 17.1 Å². The second-order valence-corrected chi connectivity index (χ2v) is 6.41. The third-order valence-corrected chi connectivity index (χ3v) is 3.46. The molecule has 2 rings (SSSR count). The Balaban J connectivity index is 0.000000343. The molecule has 0 aliphatic carbocycles. The highest BCUT2D eigenvalue weighted by molar-refractivity contribution is 9.10. The fourth-order valence-corrected chi connectivity index (χ4v) is 2.15. The highest BCUT2D eigenvalue weighted by Gasteiger charge is 1.89. The van der Waals surface area contributed by atoms with E-state index in [9.17, 15) is 4.79 Å². The highest BCUT2D eigenvalue weighted by atomic mass is 79.9. The largest absolute Gasteiger partial charge is 0.294 e. The first-order chi connectivity index (χ1) is 11.4. The van der Waals surface area contributed by atoms with Crippen molar-refractivity contribution in [2.45, 2.75) is 40.5 Å². The number of ketones is 1. The van der Waals surface area contributed by atoms with E-state index in [-0.39, 0.29) is 5.78 Å². The Hall–Kier alpha value is -1.89. The van der Waals surface area contributed by atoms with Crippen LogP contribution >= 0.6 is 15.9 Å².